The first-order valence-electron chi connectivity index (χ1n) is 5.00. The van der Waals surface area contributed by atoms with Gasteiger partial charge in [-0.05, 0) is 18.6 Å². The summed E-state index contributed by atoms with van der Waals surface area (Å²) in [5.74, 6) is 0. The standard InChI is InChI=1S/C11H11ClN4O/c1-7-3-2-4-14-8(7)5-16-6-15-10(12)9(13)11(16)17/h2-4,6H,5,13H2,1H3. The number of hydrogen-bond donors (Lipinski definition) is 1. The first-order chi connectivity index (χ1) is 8.09. The van der Waals surface area contributed by atoms with Gasteiger partial charge in [0.15, 0.2) is 5.15 Å². The Morgan fingerprint density at radius 2 is 2.24 bits per heavy atom. The zero-order valence-corrected chi connectivity index (χ0v) is 9.98. The van der Waals surface area contributed by atoms with Crippen LogP contribution >= 0.6 is 11.6 Å². The number of pyridine rings is 1. The molecule has 0 aromatic carbocycles. The first-order valence-corrected chi connectivity index (χ1v) is 5.38. The van der Waals surface area contributed by atoms with Gasteiger partial charge in [0.25, 0.3) is 5.56 Å². The quantitative estimate of drug-likeness (QED) is 0.814. The molecule has 0 amide bonds. The normalized spacial score (nSPS) is 10.5. The average molecular weight is 251 g/mol. The fraction of sp³-hybridized carbons (Fsp3) is 0.182. The van der Waals surface area contributed by atoms with E-state index in [1.807, 2.05) is 19.1 Å². The molecule has 0 aliphatic carbocycles. The SMILES string of the molecule is Cc1cccnc1Cn1cnc(Cl)c(N)c1=O. The zero-order chi connectivity index (χ0) is 12.4. The number of hydrogen-bond acceptors (Lipinski definition) is 4. The number of aromatic nitrogens is 3. The highest BCUT2D eigenvalue weighted by Gasteiger charge is 2.08. The van der Waals surface area contributed by atoms with E-state index >= 15 is 0 Å². The highest BCUT2D eigenvalue weighted by atomic mass is 35.5. The van der Waals surface area contributed by atoms with E-state index in [0.29, 0.717) is 6.54 Å². The number of halogens is 1. The summed E-state index contributed by atoms with van der Waals surface area (Å²) in [7, 11) is 0. The fourth-order valence-electron chi connectivity index (χ4n) is 1.44. The molecule has 0 aliphatic heterocycles. The molecule has 2 aromatic rings. The molecule has 0 bridgehead atoms. The van der Waals surface area contributed by atoms with Crippen LogP contribution in [0, 0.1) is 6.92 Å². The Hall–Kier alpha value is -1.88. The van der Waals surface area contributed by atoms with Gasteiger partial charge in [-0.1, -0.05) is 17.7 Å². The van der Waals surface area contributed by atoms with Gasteiger partial charge in [0.2, 0.25) is 0 Å². The summed E-state index contributed by atoms with van der Waals surface area (Å²) in [5.41, 5.74) is 6.95. The summed E-state index contributed by atoms with van der Waals surface area (Å²) < 4.78 is 1.39. The summed E-state index contributed by atoms with van der Waals surface area (Å²) in [6.07, 6.45) is 3.05. The van der Waals surface area contributed by atoms with Crippen molar-refractivity contribution in [3.8, 4) is 0 Å². The molecule has 2 rings (SSSR count). The van der Waals surface area contributed by atoms with Crippen molar-refractivity contribution in [3.05, 3.63) is 51.4 Å². The molecule has 0 saturated heterocycles. The maximum atomic E-state index is 11.8. The Morgan fingerprint density at radius 3 is 2.94 bits per heavy atom. The molecular formula is C11H11ClN4O. The summed E-state index contributed by atoms with van der Waals surface area (Å²) in [6.45, 7) is 2.26. The van der Waals surface area contributed by atoms with E-state index < -0.39 is 0 Å². The molecule has 6 heteroatoms. The van der Waals surface area contributed by atoms with Crippen LogP contribution in [0.25, 0.3) is 0 Å². The van der Waals surface area contributed by atoms with Gasteiger partial charge in [-0.25, -0.2) is 4.98 Å². The monoisotopic (exact) mass is 250 g/mol. The maximum absolute atomic E-state index is 11.8. The Morgan fingerprint density at radius 1 is 1.47 bits per heavy atom. The molecule has 2 aromatic heterocycles. The molecule has 2 heterocycles. The fourth-order valence-corrected chi connectivity index (χ4v) is 1.57. The molecule has 0 spiro atoms. The smallest absolute Gasteiger partial charge is 0.278 e. The van der Waals surface area contributed by atoms with Crippen molar-refractivity contribution in [2.24, 2.45) is 0 Å². The Balaban J connectivity index is 2.41. The van der Waals surface area contributed by atoms with Gasteiger partial charge in [-0.2, -0.15) is 0 Å². The summed E-state index contributed by atoms with van der Waals surface area (Å²) in [4.78, 5) is 19.8. The predicted octanol–water partition coefficient (Wildman–Crippen LogP) is 1.23. The molecule has 5 nitrogen and oxygen atoms in total. The second-order valence-corrected chi connectivity index (χ2v) is 4.01. The van der Waals surface area contributed by atoms with Crippen LogP contribution in [0.15, 0.2) is 29.5 Å². The largest absolute Gasteiger partial charge is 0.392 e. The molecule has 0 radical (unpaired) electrons. The number of anilines is 1. The van der Waals surface area contributed by atoms with Gasteiger partial charge in [-0.15, -0.1) is 0 Å². The summed E-state index contributed by atoms with van der Waals surface area (Å²) in [6, 6.07) is 3.77. The van der Waals surface area contributed by atoms with Crippen LogP contribution in [0.1, 0.15) is 11.3 Å². The highest BCUT2D eigenvalue weighted by Crippen LogP contribution is 2.09. The Kier molecular flexibility index (Phi) is 3.10. The number of nitrogen functional groups attached to an aromatic ring is 1. The van der Waals surface area contributed by atoms with Crippen LogP contribution in [0.5, 0.6) is 0 Å². The van der Waals surface area contributed by atoms with Gasteiger partial charge in [0.1, 0.15) is 5.69 Å². The minimum absolute atomic E-state index is 0.0315. The second kappa shape index (κ2) is 4.55. The molecule has 0 fully saturated rings. The molecule has 0 atom stereocenters. The number of nitrogens with zero attached hydrogens (tertiary/aromatic N) is 3. The minimum atomic E-state index is -0.352. The lowest BCUT2D eigenvalue weighted by Gasteiger charge is -2.08. The molecule has 88 valence electrons. The molecule has 17 heavy (non-hydrogen) atoms. The van der Waals surface area contributed by atoms with Crippen LogP contribution in [0.3, 0.4) is 0 Å². The van der Waals surface area contributed by atoms with Crippen molar-refractivity contribution in [2.45, 2.75) is 13.5 Å². The molecule has 0 aliphatic rings. The van der Waals surface area contributed by atoms with Crippen LogP contribution in [0.2, 0.25) is 5.15 Å². The van der Waals surface area contributed by atoms with Gasteiger partial charge in [0, 0.05) is 6.20 Å². The van der Waals surface area contributed by atoms with Crippen molar-refractivity contribution in [1.29, 1.82) is 0 Å². The second-order valence-electron chi connectivity index (χ2n) is 3.65. The lowest BCUT2D eigenvalue weighted by Crippen LogP contribution is -2.24. The third-order valence-electron chi connectivity index (χ3n) is 2.46. The van der Waals surface area contributed by atoms with Crippen LogP contribution < -0.4 is 11.3 Å². The maximum Gasteiger partial charge on any atom is 0.278 e. The number of aryl methyl sites for hydroxylation is 1. The van der Waals surface area contributed by atoms with Crippen molar-refractivity contribution >= 4 is 17.3 Å². The van der Waals surface area contributed by atoms with Crippen LogP contribution in [-0.2, 0) is 6.54 Å². The molecule has 0 unspecified atom stereocenters. The topological polar surface area (TPSA) is 73.8 Å². The average Bonchev–Trinajstić information content (AvgIpc) is 2.32. The van der Waals surface area contributed by atoms with Gasteiger partial charge < -0.3 is 5.73 Å². The number of rotatable bonds is 2. The van der Waals surface area contributed by atoms with Gasteiger partial charge >= 0.3 is 0 Å². The van der Waals surface area contributed by atoms with Crippen molar-refractivity contribution in [3.63, 3.8) is 0 Å². The molecular weight excluding hydrogens is 240 g/mol. The summed E-state index contributed by atoms with van der Waals surface area (Å²) in [5, 5.41) is 0.0315. The zero-order valence-electron chi connectivity index (χ0n) is 9.22. The van der Waals surface area contributed by atoms with E-state index in [1.165, 1.54) is 10.9 Å². The first kappa shape index (κ1) is 11.6. The van der Waals surface area contributed by atoms with Gasteiger partial charge in [0.05, 0.1) is 18.6 Å². The third-order valence-corrected chi connectivity index (χ3v) is 2.76. The third kappa shape index (κ3) is 2.29. The van der Waals surface area contributed by atoms with Crippen LogP contribution in [-0.4, -0.2) is 14.5 Å². The van der Waals surface area contributed by atoms with E-state index in [-0.39, 0.29) is 16.4 Å². The summed E-state index contributed by atoms with van der Waals surface area (Å²) >= 11 is 5.66. The Labute approximate surface area is 103 Å². The number of nitrogens with two attached hydrogens (primary N) is 1. The van der Waals surface area contributed by atoms with E-state index in [4.69, 9.17) is 17.3 Å². The van der Waals surface area contributed by atoms with Crippen molar-refractivity contribution in [1.82, 2.24) is 14.5 Å². The lowest BCUT2D eigenvalue weighted by molar-refractivity contribution is 0.717. The van der Waals surface area contributed by atoms with E-state index in [2.05, 4.69) is 9.97 Å². The van der Waals surface area contributed by atoms with Crippen molar-refractivity contribution < 1.29 is 0 Å². The molecule has 0 saturated carbocycles. The predicted molar refractivity (Wildman–Crippen MR) is 66.0 cm³/mol. The highest BCUT2D eigenvalue weighted by molar-refractivity contribution is 6.31. The Bertz CT molecular complexity index is 609. The lowest BCUT2D eigenvalue weighted by atomic mass is 10.2. The minimum Gasteiger partial charge on any atom is -0.392 e. The van der Waals surface area contributed by atoms with E-state index in [1.54, 1.807) is 6.20 Å². The van der Waals surface area contributed by atoms with Gasteiger partial charge in [-0.3, -0.25) is 14.3 Å². The van der Waals surface area contributed by atoms with E-state index in [0.717, 1.165) is 11.3 Å². The van der Waals surface area contributed by atoms with Crippen LogP contribution in [0.4, 0.5) is 5.69 Å². The molecule has 2 N–H and O–H groups in total. The van der Waals surface area contributed by atoms with E-state index in [9.17, 15) is 4.79 Å². The van der Waals surface area contributed by atoms with Crippen molar-refractivity contribution in [2.75, 3.05) is 5.73 Å².